The molecule has 30 heavy (non-hydrogen) atoms. The zero-order valence-electron chi connectivity index (χ0n) is 16.2. The maximum absolute atomic E-state index is 12.7. The Labute approximate surface area is 184 Å². The zero-order valence-corrected chi connectivity index (χ0v) is 17.7. The molecule has 0 N–H and O–H groups in total. The van der Waals surface area contributed by atoms with Crippen LogP contribution in [-0.4, -0.2) is 46.8 Å². The first-order valence-corrected chi connectivity index (χ1v) is 10.4. The van der Waals surface area contributed by atoms with Crippen molar-refractivity contribution in [3.8, 4) is 5.69 Å². The highest BCUT2D eigenvalue weighted by molar-refractivity contribution is 6.33. The smallest absolute Gasteiger partial charge is 0.292 e. The van der Waals surface area contributed by atoms with Gasteiger partial charge in [-0.2, -0.15) is 9.78 Å². The van der Waals surface area contributed by atoms with Gasteiger partial charge in [0.05, 0.1) is 24.0 Å². The Morgan fingerprint density at radius 3 is 2.27 bits per heavy atom. The molecular weight excluding hydrogens is 423 g/mol. The van der Waals surface area contributed by atoms with E-state index >= 15 is 0 Å². The molecule has 0 bridgehead atoms. The number of nitrogens with zero attached hydrogens (tertiary/aromatic N) is 4. The van der Waals surface area contributed by atoms with Crippen LogP contribution in [0.25, 0.3) is 5.69 Å². The molecule has 1 saturated heterocycles. The number of halogens is 2. The van der Waals surface area contributed by atoms with Crippen molar-refractivity contribution in [3.05, 3.63) is 86.8 Å². The fourth-order valence-electron chi connectivity index (χ4n) is 3.48. The lowest BCUT2D eigenvalue weighted by molar-refractivity contribution is -0.130. The summed E-state index contributed by atoms with van der Waals surface area (Å²) < 4.78 is 1.29. The van der Waals surface area contributed by atoms with Gasteiger partial charge in [0.1, 0.15) is 5.02 Å². The first-order chi connectivity index (χ1) is 14.5. The lowest BCUT2D eigenvalue weighted by atomic mass is 10.1. The van der Waals surface area contributed by atoms with Gasteiger partial charge < -0.3 is 9.80 Å². The van der Waals surface area contributed by atoms with E-state index < -0.39 is 0 Å². The number of anilines is 1. The van der Waals surface area contributed by atoms with Gasteiger partial charge >= 0.3 is 0 Å². The Kier molecular flexibility index (Phi) is 6.06. The van der Waals surface area contributed by atoms with E-state index in [2.05, 4.69) is 5.10 Å². The SMILES string of the molecule is O=C(Cc1ccc(Cl)cc1)N1CCN(c2cnn(-c3ccccc3)c(=O)c2Cl)CC1. The van der Waals surface area contributed by atoms with Crippen molar-refractivity contribution >= 4 is 34.8 Å². The molecule has 0 unspecified atom stereocenters. The molecule has 4 rings (SSSR count). The second-order valence-electron chi connectivity index (χ2n) is 7.07. The first kappa shape index (κ1) is 20.4. The summed E-state index contributed by atoms with van der Waals surface area (Å²) in [6.45, 7) is 2.29. The van der Waals surface area contributed by atoms with Gasteiger partial charge in [-0.05, 0) is 29.8 Å². The molecule has 6 nitrogen and oxygen atoms in total. The monoisotopic (exact) mass is 442 g/mol. The Balaban J connectivity index is 1.43. The third-order valence-electron chi connectivity index (χ3n) is 5.14. The van der Waals surface area contributed by atoms with Crippen LogP contribution in [0, 0.1) is 0 Å². The van der Waals surface area contributed by atoms with E-state index in [0.29, 0.717) is 49.0 Å². The van der Waals surface area contributed by atoms with Crippen LogP contribution in [0.1, 0.15) is 5.56 Å². The average molecular weight is 443 g/mol. The van der Waals surface area contributed by atoms with Crippen LogP contribution in [0.3, 0.4) is 0 Å². The van der Waals surface area contributed by atoms with Crippen LogP contribution >= 0.6 is 23.2 Å². The van der Waals surface area contributed by atoms with Crippen molar-refractivity contribution < 1.29 is 4.79 Å². The van der Waals surface area contributed by atoms with Gasteiger partial charge in [0.15, 0.2) is 0 Å². The molecule has 0 saturated carbocycles. The van der Waals surface area contributed by atoms with Gasteiger partial charge in [-0.3, -0.25) is 9.59 Å². The highest BCUT2D eigenvalue weighted by atomic mass is 35.5. The quantitative estimate of drug-likeness (QED) is 0.620. The predicted octanol–water partition coefficient (Wildman–Crippen LogP) is 3.43. The molecule has 2 heterocycles. The molecule has 0 atom stereocenters. The molecule has 0 aliphatic carbocycles. The average Bonchev–Trinajstić information content (AvgIpc) is 2.78. The van der Waals surface area contributed by atoms with Crippen LogP contribution in [0.15, 0.2) is 65.6 Å². The van der Waals surface area contributed by atoms with Crippen molar-refractivity contribution in [2.24, 2.45) is 0 Å². The van der Waals surface area contributed by atoms with E-state index in [-0.39, 0.29) is 16.5 Å². The minimum Gasteiger partial charge on any atom is -0.365 e. The number of piperazine rings is 1. The number of para-hydroxylation sites is 1. The molecule has 0 spiro atoms. The van der Waals surface area contributed by atoms with Crippen molar-refractivity contribution in [1.82, 2.24) is 14.7 Å². The summed E-state index contributed by atoms with van der Waals surface area (Å²) in [6.07, 6.45) is 1.95. The molecular formula is C22H20Cl2N4O2. The molecule has 1 aliphatic rings. The number of amides is 1. The minimum atomic E-state index is -0.360. The predicted molar refractivity (Wildman–Crippen MR) is 119 cm³/mol. The second-order valence-corrected chi connectivity index (χ2v) is 7.88. The van der Waals surface area contributed by atoms with Gasteiger partial charge in [0.2, 0.25) is 5.91 Å². The van der Waals surface area contributed by atoms with E-state index in [0.717, 1.165) is 5.56 Å². The van der Waals surface area contributed by atoms with E-state index in [1.54, 1.807) is 30.5 Å². The minimum absolute atomic E-state index is 0.0701. The second kappa shape index (κ2) is 8.90. The van der Waals surface area contributed by atoms with Crippen LogP contribution in [0.2, 0.25) is 10.0 Å². The van der Waals surface area contributed by atoms with Gasteiger partial charge in [0, 0.05) is 31.2 Å². The van der Waals surface area contributed by atoms with Gasteiger partial charge in [-0.1, -0.05) is 53.5 Å². The summed E-state index contributed by atoms with van der Waals surface area (Å²) in [6, 6.07) is 16.5. The van der Waals surface area contributed by atoms with Gasteiger partial charge in [-0.15, -0.1) is 0 Å². The fourth-order valence-corrected chi connectivity index (χ4v) is 3.86. The highest BCUT2D eigenvalue weighted by Gasteiger charge is 2.24. The molecule has 0 radical (unpaired) electrons. The van der Waals surface area contributed by atoms with Crippen molar-refractivity contribution in [2.45, 2.75) is 6.42 Å². The Morgan fingerprint density at radius 1 is 0.933 bits per heavy atom. The number of carbonyl (C=O) groups excluding carboxylic acids is 1. The van der Waals surface area contributed by atoms with Gasteiger partial charge in [-0.25, -0.2) is 0 Å². The summed E-state index contributed by atoms with van der Waals surface area (Å²) in [5.41, 5.74) is 1.83. The van der Waals surface area contributed by atoms with E-state index in [1.165, 1.54) is 4.68 Å². The summed E-state index contributed by atoms with van der Waals surface area (Å²) in [7, 11) is 0. The molecule has 1 aliphatic heterocycles. The summed E-state index contributed by atoms with van der Waals surface area (Å²) in [4.78, 5) is 29.1. The zero-order chi connectivity index (χ0) is 21.1. The molecule has 1 fully saturated rings. The maximum Gasteiger partial charge on any atom is 0.292 e. The number of benzene rings is 2. The molecule has 3 aromatic rings. The Hall–Kier alpha value is -2.83. The van der Waals surface area contributed by atoms with E-state index in [1.807, 2.05) is 40.1 Å². The number of rotatable bonds is 4. The molecule has 2 aromatic carbocycles. The molecule has 154 valence electrons. The Morgan fingerprint density at radius 2 is 1.60 bits per heavy atom. The lowest BCUT2D eigenvalue weighted by Gasteiger charge is -2.36. The van der Waals surface area contributed by atoms with Crippen molar-refractivity contribution in [1.29, 1.82) is 0 Å². The third-order valence-corrected chi connectivity index (χ3v) is 5.75. The maximum atomic E-state index is 12.7. The third kappa shape index (κ3) is 4.35. The van der Waals surface area contributed by atoms with Crippen LogP contribution in [-0.2, 0) is 11.2 Å². The lowest BCUT2D eigenvalue weighted by Crippen LogP contribution is -2.49. The summed E-state index contributed by atoms with van der Waals surface area (Å²) in [5.74, 6) is 0.0701. The molecule has 1 amide bonds. The Bertz CT molecular complexity index is 1090. The van der Waals surface area contributed by atoms with Crippen LogP contribution < -0.4 is 10.5 Å². The van der Waals surface area contributed by atoms with Gasteiger partial charge in [0.25, 0.3) is 5.56 Å². The summed E-state index contributed by atoms with van der Waals surface area (Å²) in [5, 5.41) is 5.07. The highest BCUT2D eigenvalue weighted by Crippen LogP contribution is 2.23. The van der Waals surface area contributed by atoms with E-state index in [4.69, 9.17) is 23.2 Å². The van der Waals surface area contributed by atoms with Crippen molar-refractivity contribution in [2.75, 3.05) is 31.1 Å². The first-order valence-electron chi connectivity index (χ1n) is 9.63. The topological polar surface area (TPSA) is 58.4 Å². The number of aromatic nitrogens is 2. The van der Waals surface area contributed by atoms with E-state index in [9.17, 15) is 9.59 Å². The number of hydrogen-bond acceptors (Lipinski definition) is 4. The molecule has 1 aromatic heterocycles. The number of hydrogen-bond donors (Lipinski definition) is 0. The van der Waals surface area contributed by atoms with Crippen molar-refractivity contribution in [3.63, 3.8) is 0 Å². The fraction of sp³-hybridized carbons (Fsp3) is 0.227. The van der Waals surface area contributed by atoms with Crippen LogP contribution in [0.4, 0.5) is 5.69 Å². The van der Waals surface area contributed by atoms with Crippen LogP contribution in [0.5, 0.6) is 0 Å². The molecule has 8 heteroatoms. The standard InChI is InChI=1S/C22H20Cl2N4O2/c23-17-8-6-16(7-9-17)14-20(29)27-12-10-26(11-13-27)19-15-25-28(22(30)21(19)24)18-4-2-1-3-5-18/h1-9,15H,10-14H2. The normalized spacial score (nSPS) is 14.1. The largest absolute Gasteiger partial charge is 0.365 e. The number of carbonyl (C=O) groups is 1. The summed E-state index contributed by atoms with van der Waals surface area (Å²) >= 11 is 12.3.